The fourth-order valence-corrected chi connectivity index (χ4v) is 1.64. The molecule has 0 atom stereocenters. The van der Waals surface area contributed by atoms with Gasteiger partial charge in [-0.1, -0.05) is 3.89 Å². The lowest BCUT2D eigenvalue weighted by Gasteiger charge is -2.05. The van der Waals surface area contributed by atoms with Gasteiger partial charge >= 0.3 is 10.5 Å². The Balaban J connectivity index is 1.99. The van der Waals surface area contributed by atoms with Crippen LogP contribution in [0.4, 0.5) is 9.57 Å². The zero-order valence-corrected chi connectivity index (χ0v) is 9.54. The highest BCUT2D eigenvalue weighted by Gasteiger charge is 2.29. The number of benzene rings is 1. The summed E-state index contributed by atoms with van der Waals surface area (Å²) in [7, 11) is -5.00. The van der Waals surface area contributed by atoms with Crippen LogP contribution >= 0.6 is 0 Å². The van der Waals surface area contributed by atoms with Crippen molar-refractivity contribution in [2.75, 3.05) is 5.32 Å². The molecule has 0 bridgehead atoms. The Morgan fingerprint density at radius 3 is 2.35 bits per heavy atom. The Morgan fingerprint density at radius 2 is 1.88 bits per heavy atom. The molecule has 1 aromatic rings. The van der Waals surface area contributed by atoms with Crippen LogP contribution in [0.2, 0.25) is 0 Å². The molecule has 0 saturated heterocycles. The zero-order valence-electron chi connectivity index (χ0n) is 8.72. The molecule has 0 unspecified atom stereocenters. The van der Waals surface area contributed by atoms with E-state index in [1.165, 1.54) is 24.3 Å². The Bertz CT molecular complexity index is 522. The van der Waals surface area contributed by atoms with Crippen LogP contribution in [0.5, 0.6) is 5.75 Å². The Hall–Kier alpha value is -1.63. The summed E-state index contributed by atoms with van der Waals surface area (Å²) in [6, 6.07) is 5.42. The molecule has 1 aliphatic rings. The van der Waals surface area contributed by atoms with E-state index in [1.54, 1.807) is 0 Å². The number of hydrogen-bond donors (Lipinski definition) is 1. The molecule has 0 aliphatic heterocycles. The summed E-state index contributed by atoms with van der Waals surface area (Å²) in [5, 5.41) is 2.66. The SMILES string of the molecule is O=C(Nc1ccc(OS(=O)(=O)F)cc1)C1CC1. The zero-order chi connectivity index (χ0) is 12.5. The summed E-state index contributed by atoms with van der Waals surface area (Å²) in [4.78, 5) is 11.4. The molecule has 17 heavy (non-hydrogen) atoms. The lowest BCUT2D eigenvalue weighted by atomic mass is 10.3. The summed E-state index contributed by atoms with van der Waals surface area (Å²) in [6.45, 7) is 0. The summed E-state index contributed by atoms with van der Waals surface area (Å²) in [5.41, 5.74) is 0.519. The molecule has 0 spiro atoms. The Kier molecular flexibility index (Phi) is 3.01. The van der Waals surface area contributed by atoms with Crippen LogP contribution in [0.15, 0.2) is 24.3 Å². The molecule has 1 amide bonds. The van der Waals surface area contributed by atoms with E-state index < -0.39 is 10.5 Å². The Morgan fingerprint density at radius 1 is 1.29 bits per heavy atom. The first kappa shape index (κ1) is 11.8. The van der Waals surface area contributed by atoms with Gasteiger partial charge in [0, 0.05) is 11.6 Å². The van der Waals surface area contributed by atoms with Gasteiger partial charge in [0.05, 0.1) is 0 Å². The van der Waals surface area contributed by atoms with E-state index in [-0.39, 0.29) is 17.6 Å². The molecule has 5 nitrogen and oxygen atoms in total. The van der Waals surface area contributed by atoms with Crippen LogP contribution in [0.1, 0.15) is 12.8 Å². The monoisotopic (exact) mass is 259 g/mol. The van der Waals surface area contributed by atoms with Gasteiger partial charge in [0.2, 0.25) is 5.91 Å². The molecule has 0 radical (unpaired) electrons. The van der Waals surface area contributed by atoms with Gasteiger partial charge in [-0.15, -0.1) is 0 Å². The number of amides is 1. The lowest BCUT2D eigenvalue weighted by Crippen LogP contribution is -2.13. The minimum Gasteiger partial charge on any atom is -0.358 e. The molecule has 7 heteroatoms. The quantitative estimate of drug-likeness (QED) is 0.834. The van der Waals surface area contributed by atoms with Crippen molar-refractivity contribution in [2.24, 2.45) is 5.92 Å². The van der Waals surface area contributed by atoms with Crippen molar-refractivity contribution in [1.82, 2.24) is 0 Å². The molecule has 1 saturated carbocycles. The van der Waals surface area contributed by atoms with E-state index in [9.17, 15) is 17.1 Å². The fraction of sp³-hybridized carbons (Fsp3) is 0.300. The number of carbonyl (C=O) groups is 1. The largest absolute Gasteiger partial charge is 0.488 e. The third-order valence-corrected chi connectivity index (χ3v) is 2.66. The predicted molar refractivity (Wildman–Crippen MR) is 58.5 cm³/mol. The van der Waals surface area contributed by atoms with Gasteiger partial charge < -0.3 is 9.50 Å². The number of halogens is 1. The molecule has 0 heterocycles. The second-order valence-electron chi connectivity index (χ2n) is 3.76. The predicted octanol–water partition coefficient (Wildman–Crippen LogP) is 1.63. The standard InChI is InChI=1S/C10H10FNO4S/c11-17(14,15)16-9-5-3-8(4-6-9)12-10(13)7-1-2-7/h3-7H,1-2H2,(H,12,13). The highest BCUT2D eigenvalue weighted by atomic mass is 32.3. The van der Waals surface area contributed by atoms with Gasteiger partial charge in [-0.3, -0.25) is 4.79 Å². The van der Waals surface area contributed by atoms with Crippen molar-refractivity contribution < 1.29 is 21.3 Å². The van der Waals surface area contributed by atoms with Crippen LogP contribution in [-0.4, -0.2) is 14.3 Å². The molecular weight excluding hydrogens is 249 g/mol. The van der Waals surface area contributed by atoms with E-state index in [4.69, 9.17) is 0 Å². The molecule has 1 aliphatic carbocycles. The first-order valence-corrected chi connectivity index (χ1v) is 6.30. The highest BCUT2D eigenvalue weighted by molar-refractivity contribution is 7.81. The number of anilines is 1. The van der Waals surface area contributed by atoms with Crippen LogP contribution in [0, 0.1) is 5.92 Å². The van der Waals surface area contributed by atoms with Crippen LogP contribution in [-0.2, 0) is 15.3 Å². The van der Waals surface area contributed by atoms with Gasteiger partial charge in [0.25, 0.3) is 0 Å². The first-order chi connectivity index (χ1) is 7.94. The summed E-state index contributed by atoms with van der Waals surface area (Å²) in [5.74, 6) is -0.120. The third-order valence-electron chi connectivity index (χ3n) is 2.27. The number of hydrogen-bond acceptors (Lipinski definition) is 4. The molecule has 0 aromatic heterocycles. The van der Waals surface area contributed by atoms with Crippen molar-refractivity contribution in [3.8, 4) is 5.75 Å². The van der Waals surface area contributed by atoms with Crippen LogP contribution in [0.3, 0.4) is 0 Å². The van der Waals surface area contributed by atoms with Crippen molar-refractivity contribution in [1.29, 1.82) is 0 Å². The van der Waals surface area contributed by atoms with E-state index in [0.717, 1.165) is 12.8 Å². The maximum atomic E-state index is 12.2. The minimum atomic E-state index is -5.00. The van der Waals surface area contributed by atoms with E-state index >= 15 is 0 Å². The first-order valence-electron chi connectivity index (χ1n) is 4.99. The maximum absolute atomic E-state index is 12.2. The number of carbonyl (C=O) groups excluding carboxylic acids is 1. The van der Waals surface area contributed by atoms with E-state index in [1.807, 2.05) is 0 Å². The summed E-state index contributed by atoms with van der Waals surface area (Å²) >= 11 is 0. The molecular formula is C10H10FNO4S. The van der Waals surface area contributed by atoms with Gasteiger partial charge in [0.1, 0.15) is 5.75 Å². The van der Waals surface area contributed by atoms with Crippen molar-refractivity contribution >= 4 is 22.1 Å². The summed E-state index contributed by atoms with van der Waals surface area (Å²) < 4.78 is 36.6. The third kappa shape index (κ3) is 3.70. The Labute approximate surface area is 98.0 Å². The fourth-order valence-electron chi connectivity index (χ4n) is 1.30. The molecule has 2 rings (SSSR count). The normalized spacial score (nSPS) is 15.4. The van der Waals surface area contributed by atoms with Gasteiger partial charge in [-0.05, 0) is 37.1 Å². The van der Waals surface area contributed by atoms with Gasteiger partial charge in [-0.25, -0.2) is 0 Å². The minimum absolute atomic E-state index is 0.0585. The van der Waals surface area contributed by atoms with Crippen molar-refractivity contribution in [3.05, 3.63) is 24.3 Å². The van der Waals surface area contributed by atoms with Gasteiger partial charge in [-0.2, -0.15) is 8.42 Å². The smallest absolute Gasteiger partial charge is 0.358 e. The number of rotatable bonds is 4. The van der Waals surface area contributed by atoms with Crippen molar-refractivity contribution in [3.63, 3.8) is 0 Å². The lowest BCUT2D eigenvalue weighted by molar-refractivity contribution is -0.117. The second kappa shape index (κ2) is 4.33. The second-order valence-corrected chi connectivity index (χ2v) is 4.72. The van der Waals surface area contributed by atoms with Gasteiger partial charge in [0.15, 0.2) is 0 Å². The number of nitrogens with one attached hydrogen (secondary N) is 1. The maximum Gasteiger partial charge on any atom is 0.488 e. The average molecular weight is 259 g/mol. The van der Waals surface area contributed by atoms with Crippen LogP contribution < -0.4 is 9.50 Å². The van der Waals surface area contributed by atoms with Crippen LogP contribution in [0.25, 0.3) is 0 Å². The highest BCUT2D eigenvalue weighted by Crippen LogP contribution is 2.30. The van der Waals surface area contributed by atoms with Crippen molar-refractivity contribution in [2.45, 2.75) is 12.8 Å². The molecule has 92 valence electrons. The molecule has 1 aromatic carbocycles. The average Bonchev–Trinajstić information content (AvgIpc) is 3.02. The summed E-state index contributed by atoms with van der Waals surface area (Å²) in [6.07, 6.45) is 1.79. The van der Waals surface area contributed by atoms with E-state index in [0.29, 0.717) is 5.69 Å². The topological polar surface area (TPSA) is 72.5 Å². The van der Waals surface area contributed by atoms with E-state index in [2.05, 4.69) is 9.50 Å². The molecule has 1 fully saturated rings. The molecule has 1 N–H and O–H groups in total.